The standard InChI is InChI=1S/C27H31ClF4N6O3/c1-13-8-9-33-19(16(4)27(30,31)32)20(13)38-23-17(10-18(29)21(28)34-23)22(35-24(38)39)36-11-15(3)37(12-14(36)2)25(40)41-26(5,6)7/h8-10,14-16H,11-12H2,1-7H3/t14-,15+,16?/m0/s1. The van der Waals surface area contributed by atoms with Crippen LogP contribution in [0.15, 0.2) is 23.1 Å². The molecule has 1 aliphatic heterocycles. The number of hydrogen-bond donors (Lipinski definition) is 0. The van der Waals surface area contributed by atoms with Crippen molar-refractivity contribution in [2.75, 3.05) is 18.0 Å². The Bertz CT molecular complexity index is 1560. The van der Waals surface area contributed by atoms with Gasteiger partial charge in [-0.2, -0.15) is 18.2 Å². The van der Waals surface area contributed by atoms with Crippen molar-refractivity contribution in [3.8, 4) is 5.69 Å². The number of carbonyl (C=O) groups excluding carboxylic acids is 1. The molecule has 1 fully saturated rings. The van der Waals surface area contributed by atoms with Crippen molar-refractivity contribution in [1.82, 2.24) is 24.4 Å². The van der Waals surface area contributed by atoms with Gasteiger partial charge in [-0.05, 0) is 66.2 Å². The SMILES string of the molecule is Cc1ccnc(C(C)C(F)(F)F)c1-n1c(=O)nc(N2C[C@@H](C)N(C(=O)OC(C)(C)C)C[C@@H]2C)c2cc(F)c(Cl)nc21. The molecule has 3 atom stereocenters. The first kappa shape index (κ1) is 30.5. The van der Waals surface area contributed by atoms with Crippen LogP contribution in [-0.2, 0) is 4.74 Å². The molecule has 4 heterocycles. The highest BCUT2D eigenvalue weighted by Gasteiger charge is 2.41. The van der Waals surface area contributed by atoms with Crippen molar-refractivity contribution in [3.05, 3.63) is 51.0 Å². The summed E-state index contributed by atoms with van der Waals surface area (Å²) in [5, 5.41) is -0.504. The van der Waals surface area contributed by atoms with E-state index in [4.69, 9.17) is 16.3 Å². The number of rotatable bonds is 3. The zero-order valence-corrected chi connectivity index (χ0v) is 24.4. The van der Waals surface area contributed by atoms with Gasteiger partial charge in [-0.25, -0.2) is 23.5 Å². The number of fused-ring (bicyclic) bond motifs is 1. The highest BCUT2D eigenvalue weighted by atomic mass is 35.5. The molecule has 41 heavy (non-hydrogen) atoms. The van der Waals surface area contributed by atoms with Gasteiger partial charge in [-0.15, -0.1) is 0 Å². The summed E-state index contributed by atoms with van der Waals surface area (Å²) in [5.41, 5.74) is -2.08. The van der Waals surface area contributed by atoms with Gasteiger partial charge in [0.15, 0.2) is 16.6 Å². The smallest absolute Gasteiger partial charge is 0.410 e. The highest BCUT2D eigenvalue weighted by molar-refractivity contribution is 6.30. The molecule has 1 amide bonds. The molecular weight excluding hydrogens is 568 g/mol. The van der Waals surface area contributed by atoms with Gasteiger partial charge in [0, 0.05) is 31.4 Å². The molecular formula is C27H31ClF4N6O3. The lowest BCUT2D eigenvalue weighted by Crippen LogP contribution is -2.59. The summed E-state index contributed by atoms with van der Waals surface area (Å²) in [7, 11) is 0. The predicted molar refractivity (Wildman–Crippen MR) is 146 cm³/mol. The molecule has 0 N–H and O–H groups in total. The lowest BCUT2D eigenvalue weighted by molar-refractivity contribution is -0.147. The van der Waals surface area contributed by atoms with E-state index < -0.39 is 52.2 Å². The van der Waals surface area contributed by atoms with Crippen LogP contribution in [-0.4, -0.2) is 67.5 Å². The van der Waals surface area contributed by atoms with Crippen LogP contribution >= 0.6 is 11.6 Å². The van der Waals surface area contributed by atoms with Crippen LogP contribution in [0, 0.1) is 12.7 Å². The summed E-state index contributed by atoms with van der Waals surface area (Å²) in [6.07, 6.45) is -3.93. The fourth-order valence-electron chi connectivity index (χ4n) is 4.84. The lowest BCUT2D eigenvalue weighted by Gasteiger charge is -2.44. The fraction of sp³-hybridized carbons (Fsp3) is 0.519. The van der Waals surface area contributed by atoms with E-state index in [1.807, 2.05) is 0 Å². The quantitative estimate of drug-likeness (QED) is 0.279. The minimum atomic E-state index is -4.65. The van der Waals surface area contributed by atoms with Gasteiger partial charge in [-0.3, -0.25) is 4.98 Å². The van der Waals surface area contributed by atoms with Gasteiger partial charge in [0.2, 0.25) is 0 Å². The van der Waals surface area contributed by atoms with Crippen molar-refractivity contribution in [2.24, 2.45) is 0 Å². The summed E-state index contributed by atoms with van der Waals surface area (Å²) in [6, 6.07) is 1.73. The average molecular weight is 599 g/mol. The third-order valence-electron chi connectivity index (χ3n) is 6.92. The third kappa shape index (κ3) is 5.95. The van der Waals surface area contributed by atoms with Crippen LogP contribution in [0.5, 0.6) is 0 Å². The van der Waals surface area contributed by atoms with E-state index in [0.29, 0.717) is 5.56 Å². The van der Waals surface area contributed by atoms with Gasteiger partial charge >= 0.3 is 18.0 Å². The van der Waals surface area contributed by atoms with E-state index in [2.05, 4.69) is 15.0 Å². The Labute approximate surface area is 239 Å². The number of carbonyl (C=O) groups is 1. The van der Waals surface area contributed by atoms with E-state index in [9.17, 15) is 27.2 Å². The minimum absolute atomic E-state index is 0.0603. The number of piperazine rings is 1. The number of pyridine rings is 2. The Balaban J connectivity index is 1.90. The molecule has 222 valence electrons. The molecule has 0 spiro atoms. The topological polar surface area (TPSA) is 93.5 Å². The van der Waals surface area contributed by atoms with Crippen LogP contribution in [0.3, 0.4) is 0 Å². The molecule has 1 unspecified atom stereocenters. The first-order valence-electron chi connectivity index (χ1n) is 13.0. The van der Waals surface area contributed by atoms with Crippen molar-refractivity contribution < 1.29 is 27.1 Å². The second-order valence-electron chi connectivity index (χ2n) is 11.3. The molecule has 1 saturated heterocycles. The van der Waals surface area contributed by atoms with Gasteiger partial charge in [-0.1, -0.05) is 11.6 Å². The molecule has 0 aliphatic carbocycles. The number of aryl methyl sites for hydroxylation is 1. The molecule has 0 radical (unpaired) electrons. The van der Waals surface area contributed by atoms with E-state index >= 15 is 0 Å². The number of ether oxygens (including phenoxy) is 1. The summed E-state index contributed by atoms with van der Waals surface area (Å²) in [4.78, 5) is 42.0. The maximum absolute atomic E-state index is 14.8. The number of halogens is 5. The van der Waals surface area contributed by atoms with Crippen LogP contribution in [0.2, 0.25) is 5.15 Å². The zero-order chi connectivity index (χ0) is 30.6. The summed E-state index contributed by atoms with van der Waals surface area (Å²) >= 11 is 6.02. The molecule has 0 bridgehead atoms. The number of alkyl halides is 3. The summed E-state index contributed by atoms with van der Waals surface area (Å²) in [6.45, 7) is 11.8. The second-order valence-corrected chi connectivity index (χ2v) is 11.7. The Hall–Kier alpha value is -3.48. The third-order valence-corrected chi connectivity index (χ3v) is 7.19. The van der Waals surface area contributed by atoms with Gasteiger partial charge < -0.3 is 14.5 Å². The number of hydrogen-bond acceptors (Lipinski definition) is 7. The maximum atomic E-state index is 14.8. The van der Waals surface area contributed by atoms with Crippen LogP contribution < -0.4 is 10.6 Å². The lowest BCUT2D eigenvalue weighted by atomic mass is 10.0. The summed E-state index contributed by atoms with van der Waals surface area (Å²) < 4.78 is 62.6. The van der Waals surface area contributed by atoms with Gasteiger partial charge in [0.25, 0.3) is 0 Å². The summed E-state index contributed by atoms with van der Waals surface area (Å²) in [5.74, 6) is -2.86. The molecule has 9 nitrogen and oxygen atoms in total. The maximum Gasteiger partial charge on any atom is 0.410 e. The monoisotopic (exact) mass is 598 g/mol. The van der Waals surface area contributed by atoms with Crippen LogP contribution in [0.4, 0.5) is 28.2 Å². The van der Waals surface area contributed by atoms with Crippen molar-refractivity contribution in [2.45, 2.75) is 78.2 Å². The number of anilines is 1. The van der Waals surface area contributed by atoms with E-state index in [1.54, 1.807) is 44.4 Å². The first-order valence-corrected chi connectivity index (χ1v) is 13.4. The Morgan fingerprint density at radius 3 is 2.41 bits per heavy atom. The molecule has 0 saturated carbocycles. The van der Waals surface area contributed by atoms with Crippen molar-refractivity contribution >= 4 is 34.5 Å². The molecule has 3 aromatic rings. The van der Waals surface area contributed by atoms with Crippen LogP contribution in [0.25, 0.3) is 16.7 Å². The Morgan fingerprint density at radius 1 is 1.15 bits per heavy atom. The van der Waals surface area contributed by atoms with E-state index in [-0.39, 0.29) is 41.7 Å². The minimum Gasteiger partial charge on any atom is -0.444 e. The molecule has 14 heteroatoms. The average Bonchev–Trinajstić information content (AvgIpc) is 2.84. The van der Waals surface area contributed by atoms with Gasteiger partial charge in [0.1, 0.15) is 11.4 Å². The highest BCUT2D eigenvalue weighted by Crippen LogP contribution is 2.38. The van der Waals surface area contributed by atoms with E-state index in [1.165, 1.54) is 19.2 Å². The normalized spacial score (nSPS) is 19.0. The molecule has 4 rings (SSSR count). The Morgan fingerprint density at radius 2 is 1.80 bits per heavy atom. The van der Waals surface area contributed by atoms with Crippen molar-refractivity contribution in [1.29, 1.82) is 0 Å². The number of aromatic nitrogens is 4. The van der Waals surface area contributed by atoms with Crippen LogP contribution in [0.1, 0.15) is 58.7 Å². The van der Waals surface area contributed by atoms with Crippen molar-refractivity contribution in [3.63, 3.8) is 0 Å². The number of nitrogens with zero attached hydrogens (tertiary/aromatic N) is 6. The van der Waals surface area contributed by atoms with E-state index in [0.717, 1.165) is 17.6 Å². The molecule has 1 aliphatic rings. The largest absolute Gasteiger partial charge is 0.444 e. The number of amides is 1. The van der Waals surface area contributed by atoms with Gasteiger partial charge in [0.05, 0.1) is 22.7 Å². The predicted octanol–water partition coefficient (Wildman–Crippen LogP) is 5.78. The fourth-order valence-corrected chi connectivity index (χ4v) is 4.97. The first-order chi connectivity index (χ1) is 18.9. The second kappa shape index (κ2) is 10.7. The molecule has 0 aromatic carbocycles. The zero-order valence-electron chi connectivity index (χ0n) is 23.7. The molecule has 3 aromatic heterocycles. The Kier molecular flexibility index (Phi) is 7.98.